The van der Waals surface area contributed by atoms with E-state index in [1.54, 1.807) is 85.2 Å². The molecule has 2 N–H and O–H groups in total. The molecule has 6 nitrogen and oxygen atoms in total. The van der Waals surface area contributed by atoms with Gasteiger partial charge < -0.3 is 10.2 Å². The molecular formula is C24H18CuN2O4. The fourth-order valence-corrected chi connectivity index (χ4v) is 2.83. The Bertz CT molecular complexity index is 1060. The van der Waals surface area contributed by atoms with E-state index in [9.17, 15) is 9.59 Å². The maximum Gasteiger partial charge on any atom is 0.336 e. The van der Waals surface area contributed by atoms with Crippen molar-refractivity contribution in [3.8, 4) is 22.5 Å². The first kappa shape index (κ1) is 23.5. The van der Waals surface area contributed by atoms with Gasteiger partial charge in [-0.3, -0.25) is 9.97 Å². The van der Waals surface area contributed by atoms with Gasteiger partial charge in [-0.05, 0) is 36.4 Å². The maximum absolute atomic E-state index is 11.0. The van der Waals surface area contributed by atoms with Crippen molar-refractivity contribution >= 4 is 11.9 Å². The molecule has 0 saturated carbocycles. The zero-order valence-corrected chi connectivity index (χ0v) is 17.1. The van der Waals surface area contributed by atoms with E-state index in [0.717, 1.165) is 0 Å². The van der Waals surface area contributed by atoms with Gasteiger partial charge in [0.1, 0.15) is 0 Å². The SMILES string of the molecule is O=C(O)c1ccccc1-c1ccccn1.O=C(O)c1ccccc1-c1ccccn1.[Cu]. The van der Waals surface area contributed by atoms with Gasteiger partial charge in [-0.25, -0.2) is 9.59 Å². The van der Waals surface area contributed by atoms with Crippen molar-refractivity contribution in [2.45, 2.75) is 0 Å². The van der Waals surface area contributed by atoms with Crippen molar-refractivity contribution in [3.63, 3.8) is 0 Å². The first-order chi connectivity index (χ1) is 14.6. The third-order valence-electron chi connectivity index (χ3n) is 4.20. The standard InChI is InChI=1S/2C12H9NO2.Cu/c2*14-12(15)10-6-2-1-5-9(10)11-7-3-4-8-13-11;/h2*1-8H,(H,14,15);. The normalized spacial score (nSPS) is 9.55. The molecule has 0 atom stereocenters. The Labute approximate surface area is 189 Å². The number of nitrogens with zero attached hydrogens (tertiary/aromatic N) is 2. The predicted molar refractivity (Wildman–Crippen MR) is 113 cm³/mol. The van der Waals surface area contributed by atoms with E-state index >= 15 is 0 Å². The van der Waals surface area contributed by atoms with Gasteiger partial charge in [0, 0.05) is 40.6 Å². The Morgan fingerprint density at radius 2 is 0.903 bits per heavy atom. The summed E-state index contributed by atoms with van der Waals surface area (Å²) in [4.78, 5) is 30.2. The molecule has 159 valence electrons. The quantitative estimate of drug-likeness (QED) is 0.419. The average molecular weight is 462 g/mol. The van der Waals surface area contributed by atoms with E-state index in [4.69, 9.17) is 10.2 Å². The van der Waals surface area contributed by atoms with Crippen LogP contribution in [0.3, 0.4) is 0 Å². The van der Waals surface area contributed by atoms with Gasteiger partial charge in [-0.15, -0.1) is 0 Å². The molecule has 2 heterocycles. The van der Waals surface area contributed by atoms with Crippen molar-refractivity contribution < 1.29 is 36.9 Å². The Morgan fingerprint density at radius 1 is 0.548 bits per heavy atom. The Balaban J connectivity index is 0.000000213. The second-order valence-corrected chi connectivity index (χ2v) is 6.13. The third-order valence-corrected chi connectivity index (χ3v) is 4.20. The Hall–Kier alpha value is -3.80. The van der Waals surface area contributed by atoms with Gasteiger partial charge in [0.2, 0.25) is 0 Å². The van der Waals surface area contributed by atoms with Crippen LogP contribution in [0.25, 0.3) is 22.5 Å². The molecule has 0 spiro atoms. The number of carboxylic acid groups (broad SMARTS) is 2. The van der Waals surface area contributed by atoms with Crippen LogP contribution in [0, 0.1) is 0 Å². The largest absolute Gasteiger partial charge is 0.478 e. The fourth-order valence-electron chi connectivity index (χ4n) is 2.83. The Kier molecular flexibility index (Phi) is 8.64. The number of hydrogen-bond acceptors (Lipinski definition) is 4. The summed E-state index contributed by atoms with van der Waals surface area (Å²) in [5.74, 6) is -1.87. The van der Waals surface area contributed by atoms with E-state index in [-0.39, 0.29) is 28.2 Å². The molecule has 0 fully saturated rings. The minimum atomic E-state index is -0.934. The molecule has 0 unspecified atom stereocenters. The van der Waals surface area contributed by atoms with E-state index in [0.29, 0.717) is 22.5 Å². The first-order valence-electron chi connectivity index (χ1n) is 9.05. The van der Waals surface area contributed by atoms with Crippen LogP contribution in [0.15, 0.2) is 97.3 Å². The summed E-state index contributed by atoms with van der Waals surface area (Å²) in [7, 11) is 0. The summed E-state index contributed by atoms with van der Waals surface area (Å²) in [5.41, 5.74) is 3.19. The molecule has 4 aromatic rings. The minimum Gasteiger partial charge on any atom is -0.478 e. The molecule has 4 rings (SSSR count). The summed E-state index contributed by atoms with van der Waals surface area (Å²) in [5, 5.41) is 18.0. The average Bonchev–Trinajstić information content (AvgIpc) is 2.80. The maximum atomic E-state index is 11.0. The molecule has 0 aliphatic heterocycles. The molecule has 0 aliphatic rings. The zero-order valence-electron chi connectivity index (χ0n) is 16.1. The van der Waals surface area contributed by atoms with Crippen LogP contribution >= 0.6 is 0 Å². The van der Waals surface area contributed by atoms with Gasteiger partial charge in [-0.2, -0.15) is 0 Å². The number of hydrogen-bond donors (Lipinski definition) is 2. The van der Waals surface area contributed by atoms with Crippen molar-refractivity contribution in [2.24, 2.45) is 0 Å². The van der Waals surface area contributed by atoms with Crippen LogP contribution in [-0.4, -0.2) is 32.1 Å². The molecule has 0 amide bonds. The molecule has 31 heavy (non-hydrogen) atoms. The van der Waals surface area contributed by atoms with Gasteiger partial charge in [0.25, 0.3) is 0 Å². The first-order valence-corrected chi connectivity index (χ1v) is 9.05. The van der Waals surface area contributed by atoms with Crippen molar-refractivity contribution in [1.82, 2.24) is 9.97 Å². The number of carbonyl (C=O) groups is 2. The molecule has 0 bridgehead atoms. The molecule has 1 radical (unpaired) electrons. The zero-order chi connectivity index (χ0) is 21.3. The van der Waals surface area contributed by atoms with Crippen LogP contribution < -0.4 is 0 Å². The number of rotatable bonds is 4. The topological polar surface area (TPSA) is 100 Å². The summed E-state index contributed by atoms with van der Waals surface area (Å²) in [6, 6.07) is 24.5. The van der Waals surface area contributed by atoms with Gasteiger partial charge in [0.05, 0.1) is 22.5 Å². The monoisotopic (exact) mass is 461 g/mol. The van der Waals surface area contributed by atoms with E-state index in [1.807, 2.05) is 12.1 Å². The van der Waals surface area contributed by atoms with Gasteiger partial charge in [-0.1, -0.05) is 48.5 Å². The fraction of sp³-hybridized carbons (Fsp3) is 0. The van der Waals surface area contributed by atoms with Crippen LogP contribution in [0.2, 0.25) is 0 Å². The van der Waals surface area contributed by atoms with Crippen molar-refractivity contribution in [2.75, 3.05) is 0 Å². The third kappa shape index (κ3) is 6.09. The second kappa shape index (κ2) is 11.4. The molecule has 0 saturated heterocycles. The minimum absolute atomic E-state index is 0. The van der Waals surface area contributed by atoms with E-state index in [2.05, 4.69) is 9.97 Å². The number of carboxylic acids is 2. The summed E-state index contributed by atoms with van der Waals surface area (Å²) >= 11 is 0. The van der Waals surface area contributed by atoms with Crippen LogP contribution in [0.1, 0.15) is 20.7 Å². The Morgan fingerprint density at radius 3 is 1.23 bits per heavy atom. The number of benzene rings is 2. The van der Waals surface area contributed by atoms with E-state index < -0.39 is 11.9 Å². The predicted octanol–water partition coefficient (Wildman–Crippen LogP) is 4.89. The molecule has 2 aromatic heterocycles. The van der Waals surface area contributed by atoms with Crippen LogP contribution in [-0.2, 0) is 17.1 Å². The number of aromatic carboxylic acids is 2. The second-order valence-electron chi connectivity index (χ2n) is 6.13. The van der Waals surface area contributed by atoms with Crippen molar-refractivity contribution in [1.29, 1.82) is 0 Å². The summed E-state index contributed by atoms with van der Waals surface area (Å²) < 4.78 is 0. The van der Waals surface area contributed by atoms with Gasteiger partial charge >= 0.3 is 11.9 Å². The molecule has 2 aromatic carbocycles. The van der Waals surface area contributed by atoms with Crippen molar-refractivity contribution in [3.05, 3.63) is 108 Å². The number of aromatic nitrogens is 2. The van der Waals surface area contributed by atoms with Crippen LogP contribution in [0.4, 0.5) is 0 Å². The molecular weight excluding hydrogens is 444 g/mol. The summed E-state index contributed by atoms with van der Waals surface area (Å²) in [6.07, 6.45) is 3.29. The smallest absolute Gasteiger partial charge is 0.336 e. The molecule has 7 heteroatoms. The van der Waals surface area contributed by atoms with Gasteiger partial charge in [0.15, 0.2) is 0 Å². The van der Waals surface area contributed by atoms with Crippen LogP contribution in [0.5, 0.6) is 0 Å². The molecule has 0 aliphatic carbocycles. The number of pyridine rings is 2. The van der Waals surface area contributed by atoms with E-state index in [1.165, 1.54) is 0 Å². The summed E-state index contributed by atoms with van der Waals surface area (Å²) in [6.45, 7) is 0.